The third-order valence-electron chi connectivity index (χ3n) is 6.37. The van der Waals surface area contributed by atoms with Crippen LogP contribution in [0.15, 0.2) is 78.9 Å². The predicted octanol–water partition coefficient (Wildman–Crippen LogP) is 5.06. The Morgan fingerprint density at radius 2 is 1.58 bits per heavy atom. The number of anilines is 1. The number of hydrogen-bond donors (Lipinski definition) is 0. The Kier molecular flexibility index (Phi) is 5.87. The fourth-order valence-corrected chi connectivity index (χ4v) is 4.72. The Bertz CT molecular complexity index is 1550. The molecule has 8 nitrogen and oxygen atoms in total. The first-order valence-corrected chi connectivity index (χ1v) is 12.2. The quantitative estimate of drug-likeness (QED) is 0.345. The van der Waals surface area contributed by atoms with E-state index >= 15 is 0 Å². The van der Waals surface area contributed by atoms with E-state index in [1.165, 1.54) is 0 Å². The van der Waals surface area contributed by atoms with Crippen LogP contribution in [0.4, 0.5) is 10.7 Å². The highest BCUT2D eigenvalue weighted by Gasteiger charge is 2.27. The highest BCUT2D eigenvalue weighted by atomic mass is 35.5. The number of hydrogen-bond acceptors (Lipinski definition) is 6. The largest absolute Gasteiger partial charge is 0.445 e. The minimum atomic E-state index is -0.309. The van der Waals surface area contributed by atoms with Gasteiger partial charge >= 0.3 is 6.09 Å². The van der Waals surface area contributed by atoms with Crippen molar-refractivity contribution in [1.29, 1.82) is 0 Å². The summed E-state index contributed by atoms with van der Waals surface area (Å²) in [7, 11) is 0. The second kappa shape index (κ2) is 9.47. The number of para-hydroxylation sites is 1. The molecule has 36 heavy (non-hydrogen) atoms. The Morgan fingerprint density at radius 3 is 2.39 bits per heavy atom. The first-order valence-electron chi connectivity index (χ1n) is 11.8. The van der Waals surface area contributed by atoms with Gasteiger partial charge in [-0.05, 0) is 29.8 Å². The number of carbonyl (C=O) groups is 1. The molecule has 6 rings (SSSR count). The average Bonchev–Trinajstić information content (AvgIpc) is 3.37. The summed E-state index contributed by atoms with van der Waals surface area (Å²) in [4.78, 5) is 21.6. The number of benzene rings is 3. The van der Waals surface area contributed by atoms with E-state index in [9.17, 15) is 4.79 Å². The lowest BCUT2D eigenvalue weighted by molar-refractivity contribution is 0.0940. The van der Waals surface area contributed by atoms with Gasteiger partial charge in [-0.15, -0.1) is 10.2 Å². The predicted molar refractivity (Wildman–Crippen MR) is 139 cm³/mol. The Labute approximate surface area is 212 Å². The van der Waals surface area contributed by atoms with Gasteiger partial charge in [0.05, 0.1) is 10.5 Å². The van der Waals surface area contributed by atoms with Gasteiger partial charge in [0.25, 0.3) is 0 Å². The molecule has 0 spiro atoms. The van der Waals surface area contributed by atoms with Gasteiger partial charge in [0.15, 0.2) is 11.5 Å². The number of halogens is 1. The van der Waals surface area contributed by atoms with Crippen LogP contribution in [-0.2, 0) is 11.3 Å². The maximum Gasteiger partial charge on any atom is 0.410 e. The molecule has 1 aliphatic heterocycles. The number of ether oxygens (including phenoxy) is 1. The summed E-state index contributed by atoms with van der Waals surface area (Å²) < 4.78 is 7.49. The molecule has 0 saturated carbocycles. The Morgan fingerprint density at radius 1 is 0.861 bits per heavy atom. The average molecular weight is 499 g/mol. The van der Waals surface area contributed by atoms with E-state index in [1.807, 2.05) is 83.3 Å². The first-order chi connectivity index (χ1) is 17.7. The van der Waals surface area contributed by atoms with Gasteiger partial charge in [-0.2, -0.15) is 0 Å². The molecule has 2 aromatic heterocycles. The highest BCUT2D eigenvalue weighted by molar-refractivity contribution is 6.33. The molecule has 0 atom stereocenters. The van der Waals surface area contributed by atoms with Crippen molar-refractivity contribution < 1.29 is 9.53 Å². The molecule has 0 N–H and O–H groups in total. The van der Waals surface area contributed by atoms with E-state index in [4.69, 9.17) is 21.3 Å². The van der Waals surface area contributed by atoms with Gasteiger partial charge in [-0.1, -0.05) is 66.2 Å². The molecule has 1 saturated heterocycles. The van der Waals surface area contributed by atoms with Gasteiger partial charge in [0.1, 0.15) is 6.61 Å². The summed E-state index contributed by atoms with van der Waals surface area (Å²) >= 11 is 6.53. The number of aromatic nitrogens is 4. The Hall–Kier alpha value is -4.17. The highest BCUT2D eigenvalue weighted by Crippen LogP contribution is 2.32. The van der Waals surface area contributed by atoms with Crippen LogP contribution in [0, 0.1) is 0 Å². The molecule has 1 fully saturated rings. The zero-order valence-electron chi connectivity index (χ0n) is 19.4. The monoisotopic (exact) mass is 498 g/mol. The van der Waals surface area contributed by atoms with Crippen molar-refractivity contribution >= 4 is 40.2 Å². The number of amides is 1. The lowest BCUT2D eigenvalue weighted by Crippen LogP contribution is -2.49. The van der Waals surface area contributed by atoms with Crippen LogP contribution in [0.3, 0.4) is 0 Å². The Balaban J connectivity index is 1.30. The molecule has 0 unspecified atom stereocenters. The molecule has 5 aromatic rings. The van der Waals surface area contributed by atoms with E-state index in [0.29, 0.717) is 37.0 Å². The fraction of sp³-hybridized carbons (Fsp3) is 0.185. The van der Waals surface area contributed by atoms with E-state index in [2.05, 4.69) is 15.1 Å². The van der Waals surface area contributed by atoms with Crippen LogP contribution in [0.1, 0.15) is 5.56 Å². The van der Waals surface area contributed by atoms with E-state index in [1.54, 1.807) is 4.90 Å². The molecule has 180 valence electrons. The normalized spacial score (nSPS) is 13.9. The second-order valence-corrected chi connectivity index (χ2v) is 9.01. The molecular weight excluding hydrogens is 476 g/mol. The van der Waals surface area contributed by atoms with Crippen LogP contribution in [0.25, 0.3) is 27.9 Å². The third kappa shape index (κ3) is 4.09. The standard InChI is InChI=1S/C27H23ClN6O2/c28-22-12-6-4-10-20(22)24-30-31-25-21-11-5-7-13-23(21)29-26(34(24)25)32-14-16-33(17-15-32)27(35)36-18-19-8-2-1-3-9-19/h1-13H,14-18H2. The zero-order chi connectivity index (χ0) is 24.5. The van der Waals surface area contributed by atoms with E-state index in [-0.39, 0.29) is 12.7 Å². The lowest BCUT2D eigenvalue weighted by atomic mass is 10.2. The minimum Gasteiger partial charge on any atom is -0.445 e. The summed E-state index contributed by atoms with van der Waals surface area (Å²) in [6.45, 7) is 2.50. The molecule has 0 radical (unpaired) electrons. The van der Waals surface area contributed by atoms with E-state index in [0.717, 1.165) is 33.6 Å². The molecule has 3 heterocycles. The number of nitrogens with zero attached hydrogens (tertiary/aromatic N) is 6. The summed E-state index contributed by atoms with van der Waals surface area (Å²) in [5, 5.41) is 10.5. The summed E-state index contributed by atoms with van der Waals surface area (Å²) in [6, 6.07) is 25.2. The fourth-order valence-electron chi connectivity index (χ4n) is 4.49. The van der Waals surface area contributed by atoms with Crippen LogP contribution < -0.4 is 4.90 Å². The van der Waals surface area contributed by atoms with Crippen molar-refractivity contribution in [2.75, 3.05) is 31.1 Å². The summed E-state index contributed by atoms with van der Waals surface area (Å²) in [5.74, 6) is 1.36. The van der Waals surface area contributed by atoms with Gasteiger partial charge in [-0.3, -0.25) is 0 Å². The molecule has 0 aliphatic carbocycles. The molecule has 1 amide bonds. The van der Waals surface area contributed by atoms with Gasteiger partial charge in [0.2, 0.25) is 5.95 Å². The number of piperazine rings is 1. The zero-order valence-corrected chi connectivity index (χ0v) is 20.2. The van der Waals surface area contributed by atoms with Crippen molar-refractivity contribution in [3.63, 3.8) is 0 Å². The van der Waals surface area contributed by atoms with Crippen LogP contribution in [0.5, 0.6) is 0 Å². The number of fused-ring (bicyclic) bond motifs is 3. The van der Waals surface area contributed by atoms with Crippen molar-refractivity contribution in [1.82, 2.24) is 24.5 Å². The number of rotatable bonds is 4. The summed E-state index contributed by atoms with van der Waals surface area (Å²) in [6.07, 6.45) is -0.309. The maximum absolute atomic E-state index is 12.7. The van der Waals surface area contributed by atoms with Crippen LogP contribution in [0.2, 0.25) is 5.02 Å². The van der Waals surface area contributed by atoms with Gasteiger partial charge in [-0.25, -0.2) is 14.2 Å². The SMILES string of the molecule is O=C(OCc1ccccc1)N1CCN(c2nc3ccccc3c3nnc(-c4ccccc4Cl)n23)CC1. The summed E-state index contributed by atoms with van der Waals surface area (Å²) in [5.41, 5.74) is 3.30. The van der Waals surface area contributed by atoms with Crippen molar-refractivity contribution in [2.45, 2.75) is 6.61 Å². The first kappa shape index (κ1) is 22.3. The molecule has 9 heteroatoms. The lowest BCUT2D eigenvalue weighted by Gasteiger charge is -2.35. The van der Waals surface area contributed by atoms with Crippen molar-refractivity contribution in [2.24, 2.45) is 0 Å². The molecule has 0 bridgehead atoms. The van der Waals surface area contributed by atoms with Gasteiger partial charge in [0, 0.05) is 37.1 Å². The molecule has 1 aliphatic rings. The molecule has 3 aromatic carbocycles. The third-order valence-corrected chi connectivity index (χ3v) is 6.70. The smallest absolute Gasteiger partial charge is 0.410 e. The van der Waals surface area contributed by atoms with E-state index < -0.39 is 0 Å². The molecular formula is C27H23ClN6O2. The maximum atomic E-state index is 12.7. The van der Waals surface area contributed by atoms with Crippen LogP contribution >= 0.6 is 11.6 Å². The van der Waals surface area contributed by atoms with Crippen molar-refractivity contribution in [3.05, 3.63) is 89.4 Å². The minimum absolute atomic E-state index is 0.259. The number of carbonyl (C=O) groups excluding carboxylic acids is 1. The van der Waals surface area contributed by atoms with Gasteiger partial charge < -0.3 is 14.5 Å². The topological polar surface area (TPSA) is 75.9 Å². The second-order valence-electron chi connectivity index (χ2n) is 8.61. The van der Waals surface area contributed by atoms with Crippen molar-refractivity contribution in [3.8, 4) is 11.4 Å². The van der Waals surface area contributed by atoms with Crippen LogP contribution in [-0.4, -0.2) is 56.8 Å².